The Bertz CT molecular complexity index is 841. The molecule has 1 fully saturated rings. The van der Waals surface area contributed by atoms with Gasteiger partial charge < -0.3 is 5.11 Å². The molecule has 0 spiro atoms. The van der Waals surface area contributed by atoms with Crippen LogP contribution in [0.4, 0.5) is 0 Å². The van der Waals surface area contributed by atoms with Crippen molar-refractivity contribution in [1.29, 1.82) is 0 Å². The number of allylic oxidation sites excluding steroid dienone is 5. The molecule has 188 valence electrons. The number of rotatable bonds is 16. The molecule has 1 atom stereocenters. The number of carboxylic acid groups (broad SMARTS) is 1. The minimum atomic E-state index is -0.726. The lowest BCUT2D eigenvalue weighted by Gasteiger charge is -2.43. The summed E-state index contributed by atoms with van der Waals surface area (Å²) in [5.41, 5.74) is 6.22. The zero-order valence-electron chi connectivity index (χ0n) is 22.1. The molecular formula is C31H47NO2. The molecule has 1 aromatic carbocycles. The van der Waals surface area contributed by atoms with Crippen molar-refractivity contribution in [3.8, 4) is 0 Å². The summed E-state index contributed by atoms with van der Waals surface area (Å²) in [5.74, 6) is -0.0881. The summed E-state index contributed by atoms with van der Waals surface area (Å²) in [5, 5.41) is 9.86. The molecule has 1 unspecified atom stereocenters. The molecule has 3 nitrogen and oxygen atoms in total. The van der Waals surface area contributed by atoms with Crippen LogP contribution in [0.1, 0.15) is 103 Å². The second-order valence-electron chi connectivity index (χ2n) is 10.2. The molecule has 0 amide bonds. The van der Waals surface area contributed by atoms with Gasteiger partial charge >= 0.3 is 5.97 Å². The zero-order chi connectivity index (χ0) is 24.9. The highest BCUT2D eigenvalue weighted by Crippen LogP contribution is 2.33. The molecule has 1 saturated heterocycles. The van der Waals surface area contributed by atoms with Crippen molar-refractivity contribution in [3.05, 3.63) is 70.8 Å². The van der Waals surface area contributed by atoms with Crippen LogP contribution in [0.25, 0.3) is 0 Å². The highest BCUT2D eigenvalue weighted by Gasteiger charge is 2.37. The van der Waals surface area contributed by atoms with E-state index in [1.807, 2.05) is 18.2 Å². The van der Waals surface area contributed by atoms with Crippen LogP contribution in [0.3, 0.4) is 0 Å². The number of benzene rings is 1. The minimum Gasteiger partial charge on any atom is -0.480 e. The van der Waals surface area contributed by atoms with E-state index in [9.17, 15) is 9.90 Å². The highest BCUT2D eigenvalue weighted by atomic mass is 16.4. The number of unbranched alkanes of at least 4 members (excludes halogenated alkanes) is 4. The Kier molecular flexibility index (Phi) is 12.4. The Balaban J connectivity index is 1.64. The molecule has 1 heterocycles. The van der Waals surface area contributed by atoms with E-state index in [2.05, 4.69) is 57.4 Å². The molecule has 2 rings (SSSR count). The van der Waals surface area contributed by atoms with Crippen molar-refractivity contribution in [2.45, 2.75) is 97.9 Å². The Morgan fingerprint density at radius 2 is 1.76 bits per heavy atom. The second-order valence-corrected chi connectivity index (χ2v) is 10.2. The van der Waals surface area contributed by atoms with Gasteiger partial charge in [-0.1, -0.05) is 93.7 Å². The number of carbonyl (C=O) groups is 1. The molecule has 3 heteroatoms. The van der Waals surface area contributed by atoms with Gasteiger partial charge in [0.15, 0.2) is 0 Å². The Morgan fingerprint density at radius 3 is 2.41 bits per heavy atom. The predicted octanol–water partition coefficient (Wildman–Crippen LogP) is 8.29. The van der Waals surface area contributed by atoms with E-state index in [0.29, 0.717) is 5.92 Å². The lowest BCUT2D eigenvalue weighted by Crippen LogP contribution is -2.50. The van der Waals surface area contributed by atoms with Crippen LogP contribution in [0.5, 0.6) is 0 Å². The molecule has 0 saturated carbocycles. The number of carboxylic acids is 1. The van der Waals surface area contributed by atoms with Crippen LogP contribution < -0.4 is 0 Å². The first-order chi connectivity index (χ1) is 16.4. The van der Waals surface area contributed by atoms with Crippen LogP contribution in [0.15, 0.2) is 59.7 Å². The maximum Gasteiger partial charge on any atom is 0.325 e. The zero-order valence-corrected chi connectivity index (χ0v) is 22.1. The van der Waals surface area contributed by atoms with Crippen molar-refractivity contribution >= 4 is 5.97 Å². The molecule has 1 aromatic rings. The first-order valence-electron chi connectivity index (χ1n) is 13.4. The third-order valence-corrected chi connectivity index (χ3v) is 7.14. The molecule has 1 aliphatic heterocycles. The Morgan fingerprint density at radius 1 is 1.06 bits per heavy atom. The SMILES string of the molecule is C=C(/C=C\C(CCCC)=C(C)C)CCCCCCC1CN(C(C(=O)O)c2ccccc2CC)C1. The number of nitrogens with zero attached hydrogens (tertiary/aromatic N) is 1. The predicted molar refractivity (Wildman–Crippen MR) is 145 cm³/mol. The average molecular weight is 466 g/mol. The van der Waals surface area contributed by atoms with E-state index in [1.165, 1.54) is 68.1 Å². The van der Waals surface area contributed by atoms with E-state index >= 15 is 0 Å². The van der Waals surface area contributed by atoms with Gasteiger partial charge in [0.25, 0.3) is 0 Å². The minimum absolute atomic E-state index is 0.500. The van der Waals surface area contributed by atoms with Crippen LogP contribution >= 0.6 is 0 Å². The quantitative estimate of drug-likeness (QED) is 0.197. The summed E-state index contributed by atoms with van der Waals surface area (Å²) in [6.07, 6.45) is 16.2. The maximum absolute atomic E-state index is 12.0. The fourth-order valence-electron chi connectivity index (χ4n) is 4.92. The van der Waals surface area contributed by atoms with Gasteiger partial charge in [-0.25, -0.2) is 0 Å². The van der Waals surface area contributed by atoms with Gasteiger partial charge in [-0.3, -0.25) is 9.69 Å². The lowest BCUT2D eigenvalue weighted by atomic mass is 9.88. The van der Waals surface area contributed by atoms with Crippen LogP contribution in [-0.4, -0.2) is 29.1 Å². The monoisotopic (exact) mass is 465 g/mol. The molecule has 0 bridgehead atoms. The lowest BCUT2D eigenvalue weighted by molar-refractivity contribution is -0.146. The van der Waals surface area contributed by atoms with E-state index in [-0.39, 0.29) is 0 Å². The summed E-state index contributed by atoms with van der Waals surface area (Å²) in [4.78, 5) is 14.1. The molecule has 1 N–H and O–H groups in total. The first kappa shape index (κ1) is 28.1. The smallest absolute Gasteiger partial charge is 0.325 e. The topological polar surface area (TPSA) is 40.5 Å². The third kappa shape index (κ3) is 8.91. The summed E-state index contributed by atoms with van der Waals surface area (Å²) in [6.45, 7) is 14.8. The number of likely N-dealkylation sites (tertiary alicyclic amines) is 1. The largest absolute Gasteiger partial charge is 0.480 e. The fraction of sp³-hybridized carbons (Fsp3) is 0.581. The normalized spacial score (nSPS) is 15.3. The molecule has 1 aliphatic rings. The summed E-state index contributed by atoms with van der Waals surface area (Å²) in [6, 6.07) is 7.50. The van der Waals surface area contributed by atoms with Gasteiger partial charge in [0.1, 0.15) is 6.04 Å². The second kappa shape index (κ2) is 15.0. The van der Waals surface area contributed by atoms with E-state index in [0.717, 1.165) is 37.1 Å². The number of hydrogen-bond acceptors (Lipinski definition) is 2. The highest BCUT2D eigenvalue weighted by molar-refractivity contribution is 5.76. The van der Waals surface area contributed by atoms with Crippen molar-refractivity contribution < 1.29 is 9.90 Å². The standard InChI is InChI=1S/C31H47NO2/c1-6-8-17-28(24(3)4)21-20-25(5)15-11-9-10-12-16-26-22-32(23-26)30(31(33)34)29-19-14-13-18-27(29)7-2/h13-14,18-21,26,30H,5-12,15-17,22-23H2,1-4H3,(H,33,34)/b21-20-. The van der Waals surface area contributed by atoms with Gasteiger partial charge in [-0.2, -0.15) is 0 Å². The van der Waals surface area contributed by atoms with E-state index in [4.69, 9.17) is 0 Å². The summed E-state index contributed by atoms with van der Waals surface area (Å²) in [7, 11) is 0. The van der Waals surface area contributed by atoms with Gasteiger partial charge in [0.2, 0.25) is 0 Å². The van der Waals surface area contributed by atoms with Gasteiger partial charge in [-0.05, 0) is 75.0 Å². The molecule has 0 aliphatic carbocycles. The number of aliphatic carboxylic acids is 1. The Hall–Kier alpha value is -2.13. The number of hydrogen-bond donors (Lipinski definition) is 1. The summed E-state index contributed by atoms with van der Waals surface area (Å²) >= 11 is 0. The molecule has 0 aromatic heterocycles. The Labute approximate surface area is 208 Å². The van der Waals surface area contributed by atoms with Crippen molar-refractivity contribution in [1.82, 2.24) is 4.90 Å². The number of aryl methyl sites for hydroxylation is 1. The van der Waals surface area contributed by atoms with Crippen LogP contribution in [0.2, 0.25) is 0 Å². The van der Waals surface area contributed by atoms with Crippen molar-refractivity contribution in [2.75, 3.05) is 13.1 Å². The first-order valence-corrected chi connectivity index (χ1v) is 13.4. The fourth-order valence-corrected chi connectivity index (χ4v) is 4.92. The van der Waals surface area contributed by atoms with Crippen molar-refractivity contribution in [2.24, 2.45) is 5.92 Å². The molecular weight excluding hydrogens is 418 g/mol. The average Bonchev–Trinajstić information content (AvgIpc) is 2.78. The molecule has 34 heavy (non-hydrogen) atoms. The van der Waals surface area contributed by atoms with Crippen molar-refractivity contribution in [3.63, 3.8) is 0 Å². The van der Waals surface area contributed by atoms with E-state index < -0.39 is 12.0 Å². The maximum atomic E-state index is 12.0. The molecule has 0 radical (unpaired) electrons. The van der Waals surface area contributed by atoms with Crippen LogP contribution in [-0.2, 0) is 11.2 Å². The van der Waals surface area contributed by atoms with Gasteiger partial charge in [0.05, 0.1) is 0 Å². The third-order valence-electron chi connectivity index (χ3n) is 7.14. The van der Waals surface area contributed by atoms with Gasteiger partial charge in [-0.15, -0.1) is 0 Å². The van der Waals surface area contributed by atoms with E-state index in [1.54, 1.807) is 0 Å². The summed E-state index contributed by atoms with van der Waals surface area (Å²) < 4.78 is 0. The van der Waals surface area contributed by atoms with Crippen LogP contribution in [0, 0.1) is 5.92 Å². The van der Waals surface area contributed by atoms with Gasteiger partial charge in [0, 0.05) is 13.1 Å².